The van der Waals surface area contributed by atoms with E-state index in [1.165, 1.54) is 17.3 Å². The first kappa shape index (κ1) is 21.4. The fraction of sp³-hybridized carbons (Fsp3) is 0.458. The van der Waals surface area contributed by atoms with Crippen molar-refractivity contribution in [1.29, 1.82) is 5.26 Å². The standard InChI is InChI=1S/C24H29N3OS/c1-5-24(3,4)19-10-11-21-17(13-19)12-18(14-25)23(27-21)29-15-22(28)26-20-9-7-6-8-16(20)2/h6-9,12,19H,5,10-11,13,15H2,1-4H3,(H,26,28). The smallest absolute Gasteiger partial charge is 0.234 e. The van der Waals surface area contributed by atoms with Gasteiger partial charge in [0.25, 0.3) is 0 Å². The molecule has 4 nitrogen and oxygen atoms in total. The summed E-state index contributed by atoms with van der Waals surface area (Å²) in [6, 6.07) is 12.0. The Bertz CT molecular complexity index is 946. The first-order chi connectivity index (χ1) is 13.8. The van der Waals surface area contributed by atoms with Crippen molar-refractivity contribution < 1.29 is 4.79 Å². The molecular formula is C24H29N3OS. The molecule has 3 rings (SSSR count). The summed E-state index contributed by atoms with van der Waals surface area (Å²) in [5, 5.41) is 13.2. The van der Waals surface area contributed by atoms with Crippen LogP contribution in [0, 0.1) is 29.6 Å². The van der Waals surface area contributed by atoms with Crippen LogP contribution >= 0.6 is 11.8 Å². The van der Waals surface area contributed by atoms with Crippen LogP contribution in [-0.2, 0) is 17.6 Å². The number of nitriles is 1. The van der Waals surface area contributed by atoms with E-state index in [1.807, 2.05) is 37.3 Å². The molecule has 2 aromatic rings. The van der Waals surface area contributed by atoms with Gasteiger partial charge in [0.05, 0.1) is 11.3 Å². The molecule has 152 valence electrons. The predicted molar refractivity (Wildman–Crippen MR) is 119 cm³/mol. The summed E-state index contributed by atoms with van der Waals surface area (Å²) < 4.78 is 0. The third-order valence-electron chi connectivity index (χ3n) is 6.25. The number of benzene rings is 1. The molecule has 1 aliphatic carbocycles. The van der Waals surface area contributed by atoms with Gasteiger partial charge in [-0.2, -0.15) is 5.26 Å². The van der Waals surface area contributed by atoms with Gasteiger partial charge >= 0.3 is 0 Å². The number of carbonyl (C=O) groups excluding carboxylic acids is 1. The normalized spacial score (nSPS) is 16.0. The highest BCUT2D eigenvalue weighted by Crippen LogP contribution is 2.40. The Morgan fingerprint density at radius 3 is 2.83 bits per heavy atom. The van der Waals surface area contributed by atoms with Crippen molar-refractivity contribution in [2.45, 2.75) is 58.4 Å². The molecule has 0 saturated carbocycles. The summed E-state index contributed by atoms with van der Waals surface area (Å²) in [7, 11) is 0. The van der Waals surface area contributed by atoms with Crippen LogP contribution in [0.4, 0.5) is 5.69 Å². The number of rotatable bonds is 6. The number of fused-ring (bicyclic) bond motifs is 1. The van der Waals surface area contributed by atoms with Gasteiger partial charge in [0.1, 0.15) is 11.1 Å². The van der Waals surface area contributed by atoms with E-state index in [9.17, 15) is 10.1 Å². The summed E-state index contributed by atoms with van der Waals surface area (Å²) in [5.74, 6) is 0.768. The Hall–Kier alpha value is -2.32. The van der Waals surface area contributed by atoms with E-state index < -0.39 is 0 Å². The summed E-state index contributed by atoms with van der Waals surface area (Å²) >= 11 is 1.34. The second-order valence-electron chi connectivity index (χ2n) is 8.49. The van der Waals surface area contributed by atoms with Crippen LogP contribution in [0.15, 0.2) is 35.4 Å². The Balaban J connectivity index is 1.71. The number of aryl methyl sites for hydroxylation is 2. The van der Waals surface area contributed by atoms with Gasteiger partial charge in [-0.1, -0.05) is 57.2 Å². The number of nitrogens with one attached hydrogen (secondary N) is 1. The zero-order valence-corrected chi connectivity index (χ0v) is 18.5. The first-order valence-electron chi connectivity index (χ1n) is 10.2. The van der Waals surface area contributed by atoms with Gasteiger partial charge in [-0.05, 0) is 60.8 Å². The van der Waals surface area contributed by atoms with E-state index in [1.54, 1.807) is 0 Å². The first-order valence-corrected chi connectivity index (χ1v) is 11.2. The zero-order valence-electron chi connectivity index (χ0n) is 17.7. The van der Waals surface area contributed by atoms with Crippen LogP contribution in [0.5, 0.6) is 0 Å². The second kappa shape index (κ2) is 9.00. The van der Waals surface area contributed by atoms with Gasteiger partial charge in [-0.3, -0.25) is 4.79 Å². The maximum atomic E-state index is 12.4. The third-order valence-corrected chi connectivity index (χ3v) is 7.24. The molecule has 0 aliphatic heterocycles. The predicted octanol–water partition coefficient (Wildman–Crippen LogP) is 5.53. The average Bonchev–Trinajstić information content (AvgIpc) is 2.72. The minimum absolute atomic E-state index is 0.0857. The lowest BCUT2D eigenvalue weighted by Crippen LogP contribution is -2.29. The van der Waals surface area contributed by atoms with E-state index in [2.05, 4.69) is 32.2 Å². The number of anilines is 1. The van der Waals surface area contributed by atoms with Gasteiger partial charge in [0, 0.05) is 11.4 Å². The quantitative estimate of drug-likeness (QED) is 0.639. The van der Waals surface area contributed by atoms with E-state index >= 15 is 0 Å². The Morgan fingerprint density at radius 1 is 1.38 bits per heavy atom. The third kappa shape index (κ3) is 5.00. The number of carbonyl (C=O) groups is 1. The molecule has 1 amide bonds. The zero-order chi connectivity index (χ0) is 21.0. The SMILES string of the molecule is CCC(C)(C)C1CCc2nc(SCC(=O)Nc3ccccc3C)c(C#N)cc2C1. The van der Waals surface area contributed by atoms with Crippen molar-refractivity contribution in [3.8, 4) is 6.07 Å². The fourth-order valence-corrected chi connectivity index (χ4v) is 4.60. The van der Waals surface area contributed by atoms with Gasteiger partial charge in [-0.25, -0.2) is 4.98 Å². The van der Waals surface area contributed by atoms with Crippen molar-refractivity contribution in [2.75, 3.05) is 11.1 Å². The molecule has 1 N–H and O–H groups in total. The van der Waals surface area contributed by atoms with E-state index in [0.717, 1.165) is 42.6 Å². The lowest BCUT2D eigenvalue weighted by Gasteiger charge is -2.37. The summed E-state index contributed by atoms with van der Waals surface area (Å²) in [6.45, 7) is 8.88. The highest BCUT2D eigenvalue weighted by Gasteiger charge is 2.32. The van der Waals surface area contributed by atoms with Crippen LogP contribution in [0.25, 0.3) is 0 Å². The number of aromatic nitrogens is 1. The highest BCUT2D eigenvalue weighted by atomic mass is 32.2. The maximum absolute atomic E-state index is 12.4. The van der Waals surface area contributed by atoms with Crippen molar-refractivity contribution in [3.05, 3.63) is 52.7 Å². The molecule has 0 spiro atoms. The molecule has 29 heavy (non-hydrogen) atoms. The maximum Gasteiger partial charge on any atom is 0.234 e. The molecule has 1 aliphatic rings. The Labute approximate surface area is 178 Å². The lowest BCUT2D eigenvalue weighted by molar-refractivity contribution is -0.113. The number of amides is 1. The molecule has 1 aromatic carbocycles. The number of pyridine rings is 1. The summed E-state index contributed by atoms with van der Waals surface area (Å²) in [5.41, 5.74) is 5.02. The average molecular weight is 408 g/mol. The van der Waals surface area contributed by atoms with Crippen molar-refractivity contribution in [1.82, 2.24) is 4.98 Å². The van der Waals surface area contributed by atoms with Crippen LogP contribution in [0.2, 0.25) is 0 Å². The molecule has 1 heterocycles. The Morgan fingerprint density at radius 2 is 2.14 bits per heavy atom. The number of thioether (sulfide) groups is 1. The number of hydrogen-bond donors (Lipinski definition) is 1. The van der Waals surface area contributed by atoms with E-state index in [-0.39, 0.29) is 11.7 Å². The molecule has 0 bridgehead atoms. The fourth-order valence-electron chi connectivity index (χ4n) is 3.82. The van der Waals surface area contributed by atoms with Gasteiger partial charge < -0.3 is 5.32 Å². The van der Waals surface area contributed by atoms with Gasteiger partial charge in [0.2, 0.25) is 5.91 Å². The summed E-state index contributed by atoms with van der Waals surface area (Å²) in [6.07, 6.45) is 4.20. The summed E-state index contributed by atoms with van der Waals surface area (Å²) in [4.78, 5) is 17.2. The molecule has 0 saturated heterocycles. The van der Waals surface area contributed by atoms with Crippen LogP contribution in [0.1, 0.15) is 56.0 Å². The number of nitrogens with zero attached hydrogens (tertiary/aromatic N) is 2. The van der Waals surface area contributed by atoms with Gasteiger partial charge in [0.15, 0.2) is 0 Å². The van der Waals surface area contributed by atoms with Gasteiger partial charge in [-0.15, -0.1) is 0 Å². The van der Waals surface area contributed by atoms with Crippen LogP contribution < -0.4 is 5.32 Å². The number of para-hydroxylation sites is 1. The monoisotopic (exact) mass is 407 g/mol. The van der Waals surface area contributed by atoms with Crippen LogP contribution in [-0.4, -0.2) is 16.6 Å². The lowest BCUT2D eigenvalue weighted by atomic mass is 9.69. The largest absolute Gasteiger partial charge is 0.325 e. The molecule has 1 unspecified atom stereocenters. The topological polar surface area (TPSA) is 65.8 Å². The molecule has 1 aromatic heterocycles. The second-order valence-corrected chi connectivity index (χ2v) is 9.46. The van der Waals surface area contributed by atoms with E-state index in [4.69, 9.17) is 4.98 Å². The van der Waals surface area contributed by atoms with E-state index in [0.29, 0.717) is 21.9 Å². The minimum Gasteiger partial charge on any atom is -0.325 e. The minimum atomic E-state index is -0.0857. The molecule has 0 fully saturated rings. The highest BCUT2D eigenvalue weighted by molar-refractivity contribution is 8.00. The molecule has 1 atom stereocenters. The number of hydrogen-bond acceptors (Lipinski definition) is 4. The molecule has 0 radical (unpaired) electrons. The molecular weight excluding hydrogens is 378 g/mol. The van der Waals surface area contributed by atoms with Crippen molar-refractivity contribution in [2.24, 2.45) is 11.3 Å². The van der Waals surface area contributed by atoms with Crippen molar-refractivity contribution >= 4 is 23.4 Å². The van der Waals surface area contributed by atoms with Crippen LogP contribution in [0.3, 0.4) is 0 Å². The van der Waals surface area contributed by atoms with Crippen molar-refractivity contribution in [3.63, 3.8) is 0 Å². The Kier molecular flexibility index (Phi) is 6.64. The molecule has 5 heteroatoms.